The Labute approximate surface area is 83.6 Å². The summed E-state index contributed by atoms with van der Waals surface area (Å²) in [5.41, 5.74) is 0. The molecule has 13 heavy (non-hydrogen) atoms. The van der Waals surface area contributed by atoms with E-state index in [4.69, 9.17) is 0 Å². The lowest BCUT2D eigenvalue weighted by molar-refractivity contribution is 0.670. The smallest absolute Gasteiger partial charge is 0.115 e. The first-order valence-electron chi connectivity index (χ1n) is 4.61. The molecule has 0 saturated carbocycles. The zero-order valence-corrected chi connectivity index (χ0v) is 9.60. The first-order chi connectivity index (χ1) is 6.27. The van der Waals surface area contributed by atoms with Crippen LogP contribution in [-0.2, 0) is 0 Å². The molecule has 0 spiro atoms. The van der Waals surface area contributed by atoms with Gasteiger partial charge in [0.1, 0.15) is 5.83 Å². The molecule has 0 amide bonds. The lowest BCUT2D eigenvalue weighted by Gasteiger charge is -1.75. The van der Waals surface area contributed by atoms with Crippen molar-refractivity contribution < 1.29 is 4.39 Å². The molecule has 78 valence electrons. The molecule has 0 heterocycles. The van der Waals surface area contributed by atoms with Crippen molar-refractivity contribution in [3.8, 4) is 12.8 Å². The largest absolute Gasteiger partial charge is 0.208 e. The summed E-state index contributed by atoms with van der Waals surface area (Å²) in [4.78, 5) is 0. The monoisotopic (exact) mass is 186 g/mol. The highest BCUT2D eigenvalue weighted by Crippen LogP contribution is 1.92. The van der Waals surface area contributed by atoms with Gasteiger partial charge in [0.05, 0.1) is 0 Å². The molecule has 0 saturated heterocycles. The lowest BCUT2D eigenvalue weighted by atomic mass is 10.4. The SMILES string of the molecule is C#C.C=C(F)/C=C\CC.CC.CC. The van der Waals surface area contributed by atoms with Crippen molar-refractivity contribution in [3.05, 3.63) is 24.6 Å². The molecule has 0 aliphatic rings. The normalized spacial score (nSPS) is 6.46. The standard InChI is InChI=1S/C6H9F.2C2H6.C2H2/c1-3-4-5-6(2)7;3*1-2/h4-5H,2-3H2,1H3;2*1-2H3;1-2H/b5-4-;;;. The zero-order chi connectivity index (χ0) is 11.7. The molecule has 0 fully saturated rings. The molecule has 0 nitrogen and oxygen atoms in total. The van der Waals surface area contributed by atoms with Gasteiger partial charge in [0, 0.05) is 0 Å². The molecule has 0 aromatic heterocycles. The van der Waals surface area contributed by atoms with E-state index in [9.17, 15) is 4.39 Å². The summed E-state index contributed by atoms with van der Waals surface area (Å²) in [6.07, 6.45) is 11.9. The first-order valence-corrected chi connectivity index (χ1v) is 4.61. The summed E-state index contributed by atoms with van der Waals surface area (Å²) in [7, 11) is 0. The molecule has 0 aromatic carbocycles. The predicted octanol–water partition coefficient (Wildman–Crippen LogP) is 4.74. The van der Waals surface area contributed by atoms with Gasteiger partial charge in [-0.1, -0.05) is 47.3 Å². The van der Waals surface area contributed by atoms with E-state index in [0.717, 1.165) is 6.42 Å². The number of allylic oxidation sites excluding steroid dienone is 3. The van der Waals surface area contributed by atoms with Crippen LogP contribution in [0.15, 0.2) is 24.6 Å². The average Bonchev–Trinajstić information content (AvgIpc) is 2.24. The fraction of sp³-hybridized carbons (Fsp3) is 0.500. The molecule has 0 aliphatic heterocycles. The van der Waals surface area contributed by atoms with Crippen molar-refractivity contribution in [1.29, 1.82) is 0 Å². The van der Waals surface area contributed by atoms with Crippen molar-refractivity contribution in [2.45, 2.75) is 41.0 Å². The van der Waals surface area contributed by atoms with Crippen LogP contribution in [0.5, 0.6) is 0 Å². The Kier molecular flexibility index (Phi) is 77.0. The van der Waals surface area contributed by atoms with Crippen molar-refractivity contribution in [1.82, 2.24) is 0 Å². The van der Waals surface area contributed by atoms with Gasteiger partial charge in [-0.25, -0.2) is 4.39 Å². The van der Waals surface area contributed by atoms with Crippen LogP contribution in [-0.4, -0.2) is 0 Å². The van der Waals surface area contributed by atoms with E-state index in [1.807, 2.05) is 34.6 Å². The summed E-state index contributed by atoms with van der Waals surface area (Å²) in [6.45, 7) is 13.0. The van der Waals surface area contributed by atoms with Crippen LogP contribution < -0.4 is 0 Å². The first kappa shape index (κ1) is 22.7. The van der Waals surface area contributed by atoms with Gasteiger partial charge < -0.3 is 0 Å². The molecule has 0 atom stereocenters. The summed E-state index contributed by atoms with van der Waals surface area (Å²) in [5.74, 6) is -0.373. The molecule has 0 unspecified atom stereocenters. The molecule has 0 radical (unpaired) electrons. The zero-order valence-electron chi connectivity index (χ0n) is 9.60. The van der Waals surface area contributed by atoms with Crippen LogP contribution >= 0.6 is 0 Å². The van der Waals surface area contributed by atoms with Gasteiger partial charge in [0.2, 0.25) is 0 Å². The van der Waals surface area contributed by atoms with E-state index in [-0.39, 0.29) is 5.83 Å². The average molecular weight is 186 g/mol. The summed E-state index contributed by atoms with van der Waals surface area (Å²) in [5, 5.41) is 0. The molecular formula is C12H23F. The maximum Gasteiger partial charge on any atom is 0.115 e. The summed E-state index contributed by atoms with van der Waals surface area (Å²) < 4.78 is 11.6. The number of hydrogen-bond donors (Lipinski definition) is 0. The molecule has 0 aliphatic carbocycles. The third-order valence-corrected chi connectivity index (χ3v) is 0.534. The minimum Gasteiger partial charge on any atom is -0.208 e. The van der Waals surface area contributed by atoms with E-state index in [1.165, 1.54) is 6.08 Å². The van der Waals surface area contributed by atoms with Gasteiger partial charge in [-0.05, 0) is 12.5 Å². The van der Waals surface area contributed by atoms with Gasteiger partial charge in [0.25, 0.3) is 0 Å². The maximum absolute atomic E-state index is 11.6. The van der Waals surface area contributed by atoms with Crippen LogP contribution in [0.4, 0.5) is 4.39 Å². The lowest BCUT2D eigenvalue weighted by Crippen LogP contribution is -1.56. The Hall–Kier alpha value is -1.03. The maximum atomic E-state index is 11.6. The molecule has 1 heteroatoms. The summed E-state index contributed by atoms with van der Waals surface area (Å²) >= 11 is 0. The van der Waals surface area contributed by atoms with Gasteiger partial charge in [-0.3, -0.25) is 0 Å². The van der Waals surface area contributed by atoms with Crippen LogP contribution in [0.2, 0.25) is 0 Å². The predicted molar refractivity (Wildman–Crippen MR) is 62.3 cm³/mol. The fourth-order valence-corrected chi connectivity index (χ4v) is 0.246. The van der Waals surface area contributed by atoms with E-state index < -0.39 is 0 Å². The van der Waals surface area contributed by atoms with Crippen molar-refractivity contribution in [2.75, 3.05) is 0 Å². The number of halogens is 1. The van der Waals surface area contributed by atoms with Crippen molar-refractivity contribution >= 4 is 0 Å². The molecular weight excluding hydrogens is 163 g/mol. The quantitative estimate of drug-likeness (QED) is 0.431. The Morgan fingerprint density at radius 3 is 1.62 bits per heavy atom. The van der Waals surface area contributed by atoms with Gasteiger partial charge >= 0.3 is 0 Å². The third kappa shape index (κ3) is 100. The van der Waals surface area contributed by atoms with Crippen molar-refractivity contribution in [3.63, 3.8) is 0 Å². The number of hydrogen-bond acceptors (Lipinski definition) is 0. The molecule has 0 aromatic rings. The Morgan fingerprint density at radius 1 is 1.23 bits per heavy atom. The van der Waals surface area contributed by atoms with Gasteiger partial charge in [-0.15, -0.1) is 12.8 Å². The minimum atomic E-state index is -0.373. The van der Waals surface area contributed by atoms with E-state index in [2.05, 4.69) is 19.4 Å². The topological polar surface area (TPSA) is 0 Å². The van der Waals surface area contributed by atoms with Gasteiger partial charge in [0.15, 0.2) is 0 Å². The third-order valence-electron chi connectivity index (χ3n) is 0.534. The number of rotatable bonds is 2. The van der Waals surface area contributed by atoms with E-state index in [1.54, 1.807) is 6.08 Å². The van der Waals surface area contributed by atoms with E-state index in [0.29, 0.717) is 0 Å². The Morgan fingerprint density at radius 2 is 1.54 bits per heavy atom. The highest BCUT2D eigenvalue weighted by Gasteiger charge is 1.73. The Bertz CT molecular complexity index is 110. The van der Waals surface area contributed by atoms with Crippen molar-refractivity contribution in [2.24, 2.45) is 0 Å². The van der Waals surface area contributed by atoms with Crippen LogP contribution in [0.1, 0.15) is 41.0 Å². The van der Waals surface area contributed by atoms with E-state index >= 15 is 0 Å². The second-order valence-corrected chi connectivity index (χ2v) is 1.26. The van der Waals surface area contributed by atoms with Gasteiger partial charge in [-0.2, -0.15) is 0 Å². The molecule has 0 bridgehead atoms. The Balaban J connectivity index is -0.0000000573. The fourth-order valence-electron chi connectivity index (χ4n) is 0.246. The van der Waals surface area contributed by atoms with Crippen LogP contribution in [0, 0.1) is 12.8 Å². The molecule has 0 N–H and O–H groups in total. The highest BCUT2D eigenvalue weighted by molar-refractivity contribution is 5.04. The minimum absolute atomic E-state index is 0.373. The summed E-state index contributed by atoms with van der Waals surface area (Å²) in [6, 6.07) is 0. The second kappa shape index (κ2) is 44.1. The second-order valence-electron chi connectivity index (χ2n) is 1.26. The van der Waals surface area contributed by atoms with Crippen LogP contribution in [0.3, 0.4) is 0 Å². The highest BCUT2D eigenvalue weighted by atomic mass is 19.1. The number of terminal acetylenes is 1. The molecule has 0 rings (SSSR count). The van der Waals surface area contributed by atoms with Crippen LogP contribution in [0.25, 0.3) is 0 Å².